The Morgan fingerprint density at radius 1 is 1.31 bits per heavy atom. The normalized spacial score (nSPS) is 11.9. The summed E-state index contributed by atoms with van der Waals surface area (Å²) < 4.78 is 40.9. The van der Waals surface area contributed by atoms with Crippen molar-refractivity contribution in [1.29, 1.82) is 0 Å². The van der Waals surface area contributed by atoms with Crippen molar-refractivity contribution in [2.75, 3.05) is 16.9 Å². The molecule has 3 aromatic rings. The summed E-state index contributed by atoms with van der Waals surface area (Å²) in [5.74, 6) is -1.87. The van der Waals surface area contributed by atoms with E-state index in [4.69, 9.17) is 5.73 Å². The number of aromatic nitrogens is 4. The van der Waals surface area contributed by atoms with Crippen molar-refractivity contribution in [3.8, 4) is 0 Å². The van der Waals surface area contributed by atoms with E-state index in [1.54, 1.807) is 0 Å². The van der Waals surface area contributed by atoms with Gasteiger partial charge in [0, 0.05) is 24.4 Å². The highest BCUT2D eigenvalue weighted by molar-refractivity contribution is 7.90. The molecule has 152 valence electrons. The quantitative estimate of drug-likeness (QED) is 0.470. The van der Waals surface area contributed by atoms with Crippen molar-refractivity contribution in [2.45, 2.75) is 18.0 Å². The standard InChI is InChI=1S/C17H17F2N7O2S/c1-29(28)12-2-3-13(18)10(4-12)5-21-16-14(19)7-22-17(25-16)24-11-6-23-26(8-11)9-15(20)27/h2-4,6-8H,5,9H2,1H3,(H2,20,27)(H2,21,22,24,25). The number of halogens is 2. The summed E-state index contributed by atoms with van der Waals surface area (Å²) in [6.07, 6.45) is 5.38. The fourth-order valence-electron chi connectivity index (χ4n) is 2.40. The molecule has 0 spiro atoms. The molecular formula is C17H17F2N7O2S. The summed E-state index contributed by atoms with van der Waals surface area (Å²) in [5, 5.41) is 9.47. The van der Waals surface area contributed by atoms with Crippen LogP contribution in [0.3, 0.4) is 0 Å². The zero-order valence-electron chi connectivity index (χ0n) is 15.2. The number of amides is 1. The molecule has 0 aliphatic heterocycles. The number of rotatable bonds is 8. The molecule has 2 aromatic heterocycles. The predicted molar refractivity (Wildman–Crippen MR) is 103 cm³/mol. The molecular weight excluding hydrogens is 404 g/mol. The Morgan fingerprint density at radius 2 is 2.10 bits per heavy atom. The fourth-order valence-corrected chi connectivity index (χ4v) is 2.97. The van der Waals surface area contributed by atoms with E-state index in [2.05, 4.69) is 25.7 Å². The van der Waals surface area contributed by atoms with Crippen LogP contribution in [0.5, 0.6) is 0 Å². The second kappa shape index (κ2) is 8.84. The molecule has 1 aromatic carbocycles. The molecule has 3 rings (SSSR count). The molecule has 0 saturated heterocycles. The van der Waals surface area contributed by atoms with Crippen molar-refractivity contribution in [2.24, 2.45) is 5.73 Å². The van der Waals surface area contributed by atoms with Gasteiger partial charge in [-0.25, -0.2) is 13.8 Å². The van der Waals surface area contributed by atoms with E-state index in [1.807, 2.05) is 0 Å². The van der Waals surface area contributed by atoms with E-state index in [-0.39, 0.29) is 30.4 Å². The van der Waals surface area contributed by atoms with Crippen molar-refractivity contribution in [3.63, 3.8) is 0 Å². The number of carbonyl (C=O) groups excluding carboxylic acids is 1. The monoisotopic (exact) mass is 421 g/mol. The van der Waals surface area contributed by atoms with Crippen LogP contribution in [-0.4, -0.2) is 36.5 Å². The number of hydrogen-bond donors (Lipinski definition) is 3. The lowest BCUT2D eigenvalue weighted by Crippen LogP contribution is -2.18. The predicted octanol–water partition coefficient (Wildman–Crippen LogP) is 1.53. The Hall–Kier alpha value is -3.25. The number of nitrogens with one attached hydrogen (secondary N) is 2. The smallest absolute Gasteiger partial charge is 0.239 e. The van der Waals surface area contributed by atoms with Crippen LogP contribution in [0, 0.1) is 11.6 Å². The molecule has 4 N–H and O–H groups in total. The third-order valence-electron chi connectivity index (χ3n) is 3.75. The summed E-state index contributed by atoms with van der Waals surface area (Å²) in [6, 6.07) is 4.09. The molecule has 12 heteroatoms. The maximum absolute atomic E-state index is 14.0. The lowest BCUT2D eigenvalue weighted by atomic mass is 10.2. The average molecular weight is 421 g/mol. The average Bonchev–Trinajstić information content (AvgIpc) is 3.09. The maximum Gasteiger partial charge on any atom is 0.239 e. The van der Waals surface area contributed by atoms with Crippen LogP contribution in [0.4, 0.5) is 26.2 Å². The van der Waals surface area contributed by atoms with Gasteiger partial charge in [0.15, 0.2) is 16.5 Å². The third-order valence-corrected chi connectivity index (χ3v) is 4.66. The molecule has 1 unspecified atom stereocenters. The first-order valence-corrected chi connectivity index (χ1v) is 9.83. The maximum atomic E-state index is 14.0. The number of nitrogens with zero attached hydrogens (tertiary/aromatic N) is 4. The molecule has 0 saturated carbocycles. The highest BCUT2D eigenvalue weighted by Gasteiger charge is 2.12. The molecule has 0 fully saturated rings. The van der Waals surface area contributed by atoms with Gasteiger partial charge in [0.2, 0.25) is 11.9 Å². The zero-order valence-corrected chi connectivity index (χ0v) is 16.0. The first kappa shape index (κ1) is 20.5. The Balaban J connectivity index is 1.72. The highest BCUT2D eigenvalue weighted by Crippen LogP contribution is 2.19. The molecule has 0 radical (unpaired) electrons. The van der Waals surface area contributed by atoms with Crippen LogP contribution in [-0.2, 0) is 29.1 Å². The fraction of sp³-hybridized carbons (Fsp3) is 0.176. The number of nitrogens with two attached hydrogens (primary N) is 1. The van der Waals surface area contributed by atoms with Gasteiger partial charge in [-0.05, 0) is 23.3 Å². The minimum atomic E-state index is -1.27. The Kier molecular flexibility index (Phi) is 6.24. The number of benzene rings is 1. The molecule has 2 heterocycles. The van der Waals surface area contributed by atoms with Crippen molar-refractivity contribution < 1.29 is 18.1 Å². The number of hydrogen-bond acceptors (Lipinski definition) is 7. The van der Waals surface area contributed by atoms with Crippen molar-refractivity contribution in [1.82, 2.24) is 19.7 Å². The lowest BCUT2D eigenvalue weighted by Gasteiger charge is -2.11. The van der Waals surface area contributed by atoms with Crippen molar-refractivity contribution in [3.05, 3.63) is 54.0 Å². The van der Waals surface area contributed by atoms with Crippen LogP contribution in [0.15, 0.2) is 41.7 Å². The first-order chi connectivity index (χ1) is 13.8. The van der Waals surface area contributed by atoms with Crippen LogP contribution in [0.2, 0.25) is 0 Å². The molecule has 0 bridgehead atoms. The summed E-state index contributed by atoms with van der Waals surface area (Å²) in [4.78, 5) is 19.2. The summed E-state index contributed by atoms with van der Waals surface area (Å²) in [7, 11) is 0. The first-order valence-electron chi connectivity index (χ1n) is 8.28. The topological polar surface area (TPSA) is 134 Å². The lowest BCUT2D eigenvalue weighted by molar-refractivity contribution is -0.118. The molecule has 0 aliphatic rings. The van der Waals surface area contributed by atoms with Crippen LogP contribution in [0.25, 0.3) is 0 Å². The van der Waals surface area contributed by atoms with Gasteiger partial charge in [-0.15, -0.1) is 0 Å². The van der Waals surface area contributed by atoms with Gasteiger partial charge in [0.1, 0.15) is 18.6 Å². The SMILES string of the molecule is C[S+]([O-])c1ccc(F)c(CNc2nc(Nc3cnn(CC(N)=O)c3)ncc2F)c1. The van der Waals surface area contributed by atoms with Gasteiger partial charge in [0.05, 0.1) is 18.1 Å². The van der Waals surface area contributed by atoms with E-state index in [1.165, 1.54) is 41.5 Å². The van der Waals surface area contributed by atoms with Crippen LogP contribution < -0.4 is 16.4 Å². The van der Waals surface area contributed by atoms with E-state index in [0.29, 0.717) is 10.6 Å². The molecule has 1 atom stereocenters. The Bertz CT molecular complexity index is 1030. The van der Waals surface area contributed by atoms with Gasteiger partial charge >= 0.3 is 0 Å². The Morgan fingerprint density at radius 3 is 2.83 bits per heavy atom. The van der Waals surface area contributed by atoms with Crippen molar-refractivity contribution >= 4 is 34.5 Å². The van der Waals surface area contributed by atoms with E-state index in [9.17, 15) is 18.1 Å². The van der Waals surface area contributed by atoms with Gasteiger partial charge < -0.3 is 20.9 Å². The van der Waals surface area contributed by atoms with E-state index in [0.717, 1.165) is 6.20 Å². The van der Waals surface area contributed by atoms with Gasteiger partial charge in [-0.1, -0.05) is 0 Å². The minimum Gasteiger partial charge on any atom is -0.612 e. The minimum absolute atomic E-state index is 0.0661. The molecule has 9 nitrogen and oxygen atoms in total. The number of anilines is 3. The van der Waals surface area contributed by atoms with E-state index < -0.39 is 28.7 Å². The van der Waals surface area contributed by atoms with Gasteiger partial charge in [-0.3, -0.25) is 9.48 Å². The second-order valence-electron chi connectivity index (χ2n) is 5.97. The molecule has 1 amide bonds. The number of primary amides is 1. The Labute approximate surface area is 167 Å². The zero-order chi connectivity index (χ0) is 21.0. The van der Waals surface area contributed by atoms with Crippen LogP contribution >= 0.6 is 0 Å². The third kappa shape index (κ3) is 5.39. The summed E-state index contributed by atoms with van der Waals surface area (Å²) in [6.45, 7) is -0.160. The summed E-state index contributed by atoms with van der Waals surface area (Å²) >= 11 is -1.27. The van der Waals surface area contributed by atoms with Gasteiger partial charge in [-0.2, -0.15) is 10.1 Å². The van der Waals surface area contributed by atoms with Crippen LogP contribution in [0.1, 0.15) is 5.56 Å². The molecule has 29 heavy (non-hydrogen) atoms. The largest absolute Gasteiger partial charge is 0.612 e. The van der Waals surface area contributed by atoms with E-state index >= 15 is 0 Å². The summed E-state index contributed by atoms with van der Waals surface area (Å²) in [5.41, 5.74) is 5.79. The molecule has 0 aliphatic carbocycles. The van der Waals surface area contributed by atoms with Gasteiger partial charge in [0.25, 0.3) is 0 Å². The highest BCUT2D eigenvalue weighted by atomic mass is 32.2. The number of carbonyl (C=O) groups is 1. The second-order valence-corrected chi connectivity index (χ2v) is 7.35.